The second kappa shape index (κ2) is 7.76. The number of hydrogen-bond donors (Lipinski definition) is 3. The van der Waals surface area contributed by atoms with Crippen molar-refractivity contribution in [1.82, 2.24) is 9.44 Å². The molecule has 8 nitrogen and oxygen atoms in total. The first-order valence-corrected chi connectivity index (χ1v) is 7.93. The van der Waals surface area contributed by atoms with Crippen LogP contribution in [0.4, 0.5) is 4.79 Å². The predicted octanol–water partition coefficient (Wildman–Crippen LogP) is 0.856. The highest BCUT2D eigenvalue weighted by molar-refractivity contribution is 7.88. The van der Waals surface area contributed by atoms with Gasteiger partial charge in [0, 0.05) is 0 Å². The average Bonchev–Trinajstić information content (AvgIpc) is 2.43. The fraction of sp³-hybridized carbons (Fsp3) is 0.385. The maximum absolute atomic E-state index is 11.7. The van der Waals surface area contributed by atoms with Crippen LogP contribution in [0.25, 0.3) is 0 Å². The van der Waals surface area contributed by atoms with Gasteiger partial charge < -0.3 is 9.84 Å². The van der Waals surface area contributed by atoms with Gasteiger partial charge in [-0.25, -0.2) is 9.52 Å². The van der Waals surface area contributed by atoms with Gasteiger partial charge in [0.2, 0.25) is 0 Å². The number of nitrogens with one attached hydrogen (secondary N) is 2. The number of carbonyl (C=O) groups is 2. The van der Waals surface area contributed by atoms with Gasteiger partial charge in [0.25, 0.3) is 0 Å². The van der Waals surface area contributed by atoms with Crippen molar-refractivity contribution in [2.24, 2.45) is 5.92 Å². The minimum atomic E-state index is -4.33. The molecule has 0 aromatic heterocycles. The molecule has 9 heteroatoms. The molecule has 1 aromatic carbocycles. The molecule has 0 spiro atoms. The van der Waals surface area contributed by atoms with E-state index in [9.17, 15) is 18.0 Å². The van der Waals surface area contributed by atoms with E-state index in [2.05, 4.69) is 0 Å². The van der Waals surface area contributed by atoms with E-state index in [0.29, 0.717) is 5.56 Å². The quantitative estimate of drug-likeness (QED) is 0.681. The summed E-state index contributed by atoms with van der Waals surface area (Å²) in [7, 11) is -4.33. The van der Waals surface area contributed by atoms with Crippen molar-refractivity contribution in [2.45, 2.75) is 26.5 Å². The number of ether oxygens (including phenoxy) is 1. The van der Waals surface area contributed by atoms with Gasteiger partial charge in [-0.2, -0.15) is 13.1 Å². The van der Waals surface area contributed by atoms with Crippen LogP contribution >= 0.6 is 0 Å². The van der Waals surface area contributed by atoms with Crippen LogP contribution in [0.5, 0.6) is 0 Å². The van der Waals surface area contributed by atoms with Gasteiger partial charge in [-0.3, -0.25) is 4.79 Å². The first-order chi connectivity index (χ1) is 10.2. The number of hydrogen-bond acceptors (Lipinski definition) is 5. The monoisotopic (exact) mass is 330 g/mol. The van der Waals surface area contributed by atoms with Crippen LogP contribution in [0.3, 0.4) is 0 Å². The van der Waals surface area contributed by atoms with Crippen molar-refractivity contribution in [3.05, 3.63) is 35.9 Å². The SMILES string of the molecule is CC(C)C(NS(=O)(=O)NC(=O)OCc1ccccc1)C(=O)O. The topological polar surface area (TPSA) is 122 Å². The molecule has 22 heavy (non-hydrogen) atoms. The fourth-order valence-corrected chi connectivity index (χ4v) is 2.58. The third-order valence-electron chi connectivity index (χ3n) is 2.65. The molecule has 0 radical (unpaired) electrons. The molecule has 0 saturated heterocycles. The molecule has 0 fully saturated rings. The lowest BCUT2D eigenvalue weighted by Gasteiger charge is -2.18. The maximum Gasteiger partial charge on any atom is 0.422 e. The summed E-state index contributed by atoms with van der Waals surface area (Å²) in [5.74, 6) is -1.83. The summed E-state index contributed by atoms with van der Waals surface area (Å²) >= 11 is 0. The zero-order chi connectivity index (χ0) is 16.8. The van der Waals surface area contributed by atoms with Crippen LogP contribution in [0, 0.1) is 5.92 Å². The summed E-state index contributed by atoms with van der Waals surface area (Å²) in [5, 5.41) is 8.92. The zero-order valence-electron chi connectivity index (χ0n) is 12.1. The first kappa shape index (κ1) is 17.9. The van der Waals surface area contributed by atoms with Crippen molar-refractivity contribution in [3.8, 4) is 0 Å². The molecule has 1 unspecified atom stereocenters. The second-order valence-corrected chi connectivity index (χ2v) is 6.29. The Balaban J connectivity index is 2.56. The molecule has 1 amide bonds. The number of carbonyl (C=O) groups excluding carboxylic acids is 1. The standard InChI is InChI=1S/C13H18N2O6S/c1-9(2)11(12(16)17)14-22(19,20)15-13(18)21-8-10-6-4-3-5-7-10/h3-7,9,11,14H,8H2,1-2H3,(H,15,18)(H,16,17). The molecule has 0 aliphatic rings. The maximum atomic E-state index is 11.7. The Morgan fingerprint density at radius 3 is 2.32 bits per heavy atom. The summed E-state index contributed by atoms with van der Waals surface area (Å²) < 4.78 is 31.6. The number of amides is 1. The lowest BCUT2D eigenvalue weighted by Crippen LogP contribution is -2.50. The van der Waals surface area contributed by atoms with Crippen molar-refractivity contribution in [1.29, 1.82) is 0 Å². The van der Waals surface area contributed by atoms with E-state index in [1.54, 1.807) is 35.1 Å². The van der Waals surface area contributed by atoms with Crippen LogP contribution in [-0.4, -0.2) is 31.6 Å². The summed E-state index contributed by atoms with van der Waals surface area (Å²) in [4.78, 5) is 22.4. The van der Waals surface area contributed by atoms with E-state index in [1.807, 2.05) is 4.72 Å². The lowest BCUT2D eigenvalue weighted by atomic mass is 10.1. The molecule has 122 valence electrons. The third kappa shape index (κ3) is 6.10. The van der Waals surface area contributed by atoms with Gasteiger partial charge in [0.15, 0.2) is 0 Å². The summed E-state index contributed by atoms with van der Waals surface area (Å²) in [6.45, 7) is 2.97. The Hall–Kier alpha value is -2.13. The van der Waals surface area contributed by atoms with E-state index >= 15 is 0 Å². The third-order valence-corrected chi connectivity index (χ3v) is 3.64. The smallest absolute Gasteiger partial charge is 0.422 e. The summed E-state index contributed by atoms with van der Waals surface area (Å²) in [6, 6.07) is 7.35. The van der Waals surface area contributed by atoms with Crippen molar-refractivity contribution in [2.75, 3.05) is 0 Å². The van der Waals surface area contributed by atoms with Gasteiger partial charge in [-0.1, -0.05) is 44.2 Å². The van der Waals surface area contributed by atoms with Crippen LogP contribution < -0.4 is 9.44 Å². The molecule has 0 bridgehead atoms. The van der Waals surface area contributed by atoms with Gasteiger partial charge in [0.05, 0.1) is 0 Å². The molecule has 0 heterocycles. The average molecular weight is 330 g/mol. The molecule has 3 N–H and O–H groups in total. The van der Waals surface area contributed by atoms with Crippen LogP contribution in [-0.2, 0) is 26.3 Å². The first-order valence-electron chi connectivity index (χ1n) is 6.45. The Morgan fingerprint density at radius 1 is 1.23 bits per heavy atom. The highest BCUT2D eigenvalue weighted by Crippen LogP contribution is 2.04. The van der Waals surface area contributed by atoms with E-state index < -0.39 is 34.2 Å². The molecular formula is C13H18N2O6S. The highest BCUT2D eigenvalue weighted by Gasteiger charge is 2.28. The molecular weight excluding hydrogens is 312 g/mol. The van der Waals surface area contributed by atoms with Gasteiger partial charge in [-0.15, -0.1) is 0 Å². The lowest BCUT2D eigenvalue weighted by molar-refractivity contribution is -0.140. The van der Waals surface area contributed by atoms with Crippen LogP contribution in [0.1, 0.15) is 19.4 Å². The van der Waals surface area contributed by atoms with Crippen molar-refractivity contribution >= 4 is 22.3 Å². The van der Waals surface area contributed by atoms with Crippen molar-refractivity contribution in [3.63, 3.8) is 0 Å². The molecule has 0 aliphatic carbocycles. The van der Waals surface area contributed by atoms with E-state index in [-0.39, 0.29) is 6.61 Å². The molecule has 1 rings (SSSR count). The molecule has 1 aromatic rings. The largest absolute Gasteiger partial charge is 0.480 e. The van der Waals surface area contributed by atoms with Crippen LogP contribution in [0.15, 0.2) is 30.3 Å². The Labute approximate surface area is 128 Å². The highest BCUT2D eigenvalue weighted by atomic mass is 32.2. The van der Waals surface area contributed by atoms with Gasteiger partial charge in [0.1, 0.15) is 12.6 Å². The number of carboxylic acid groups (broad SMARTS) is 1. The van der Waals surface area contributed by atoms with Crippen LogP contribution in [0.2, 0.25) is 0 Å². The Morgan fingerprint density at radius 2 is 1.82 bits per heavy atom. The predicted molar refractivity (Wildman–Crippen MR) is 78.1 cm³/mol. The summed E-state index contributed by atoms with van der Waals surface area (Å²) in [5.41, 5.74) is 0.689. The minimum Gasteiger partial charge on any atom is -0.480 e. The minimum absolute atomic E-state index is 0.102. The molecule has 1 atom stereocenters. The van der Waals surface area contributed by atoms with E-state index in [0.717, 1.165) is 0 Å². The fourth-order valence-electron chi connectivity index (χ4n) is 1.53. The van der Waals surface area contributed by atoms with E-state index in [1.165, 1.54) is 13.8 Å². The van der Waals surface area contributed by atoms with Crippen molar-refractivity contribution < 1.29 is 27.9 Å². The second-order valence-electron chi connectivity index (χ2n) is 4.85. The number of carboxylic acids is 1. The summed E-state index contributed by atoms with van der Waals surface area (Å²) in [6.07, 6.45) is -1.19. The normalized spacial score (nSPS) is 12.7. The number of rotatable bonds is 7. The number of benzene rings is 1. The number of aliphatic carboxylic acids is 1. The molecule has 0 saturated carbocycles. The molecule has 0 aliphatic heterocycles. The van der Waals surface area contributed by atoms with E-state index in [4.69, 9.17) is 9.84 Å². The Bertz CT molecular complexity index is 615. The Kier molecular flexibility index (Phi) is 6.32. The van der Waals surface area contributed by atoms with Gasteiger partial charge in [-0.05, 0) is 11.5 Å². The zero-order valence-corrected chi connectivity index (χ0v) is 13.0. The van der Waals surface area contributed by atoms with Gasteiger partial charge >= 0.3 is 22.3 Å².